The molecule has 2 N–H and O–H groups in total. The van der Waals surface area contributed by atoms with Gasteiger partial charge in [0, 0.05) is 19.2 Å². The van der Waals surface area contributed by atoms with Gasteiger partial charge in [0.15, 0.2) is 11.2 Å². The molecule has 1 aromatic heterocycles. The van der Waals surface area contributed by atoms with E-state index in [2.05, 4.69) is 49.9 Å². The molecule has 1 aliphatic rings. The van der Waals surface area contributed by atoms with E-state index in [0.717, 1.165) is 50.9 Å². The Balaban J connectivity index is 1.78. The second kappa shape index (κ2) is 19.7. The summed E-state index contributed by atoms with van der Waals surface area (Å²) in [6, 6.07) is 12.8. The van der Waals surface area contributed by atoms with Gasteiger partial charge >= 0.3 is 5.97 Å². The standard InChI is InChI=1S/C45H66N6O6/c1-13-32-21-22-45(31(4)27-32,43(54)57-44(5,6)7)47-41(52)35-29-37(40-38(55-11)17-14-18-39(40)56-12)51(48-35)36-20-19-33(28-34(36)30(2)3)42(53)50(10)26-16-25-49(9)24-15-23-46-8/h14,17-20,28-30,32,46H,4,13,15-16,21-27H2,1-3,5-12H3,(H,47,52). The second-order valence-electron chi connectivity index (χ2n) is 16.6. The second-order valence-corrected chi connectivity index (χ2v) is 16.6. The maximum absolute atomic E-state index is 14.5. The molecule has 2 atom stereocenters. The van der Waals surface area contributed by atoms with Crippen molar-refractivity contribution in [3.8, 4) is 28.4 Å². The molecular formula is C45H66N6O6. The van der Waals surface area contributed by atoms with E-state index in [1.165, 1.54) is 0 Å². The molecule has 2 unspecified atom stereocenters. The number of carbonyl (C=O) groups is 3. The van der Waals surface area contributed by atoms with Gasteiger partial charge in [-0.2, -0.15) is 5.10 Å². The van der Waals surface area contributed by atoms with Crippen LogP contribution in [0.4, 0.5) is 0 Å². The molecule has 312 valence electrons. The Morgan fingerprint density at radius 2 is 1.68 bits per heavy atom. The lowest BCUT2D eigenvalue weighted by molar-refractivity contribution is -0.162. The van der Waals surface area contributed by atoms with Crippen molar-refractivity contribution in [2.75, 3.05) is 61.5 Å². The van der Waals surface area contributed by atoms with Crippen molar-refractivity contribution in [2.24, 2.45) is 5.92 Å². The summed E-state index contributed by atoms with van der Waals surface area (Å²) >= 11 is 0. The average Bonchev–Trinajstić information content (AvgIpc) is 3.62. The molecule has 0 saturated heterocycles. The monoisotopic (exact) mass is 787 g/mol. The van der Waals surface area contributed by atoms with E-state index in [9.17, 15) is 14.4 Å². The molecule has 3 aromatic rings. The third-order valence-electron chi connectivity index (χ3n) is 10.8. The number of nitrogens with one attached hydrogen (secondary N) is 2. The predicted octanol–water partition coefficient (Wildman–Crippen LogP) is 7.26. The molecule has 12 heteroatoms. The average molecular weight is 787 g/mol. The van der Waals surface area contributed by atoms with E-state index in [-0.39, 0.29) is 17.5 Å². The van der Waals surface area contributed by atoms with E-state index in [1.54, 1.807) is 29.9 Å². The number of benzene rings is 2. The molecule has 1 heterocycles. The first-order chi connectivity index (χ1) is 27.0. The SMILES string of the molecule is C=C1CC(CC)CCC1(NC(=O)c1cc(-c2c(OC)cccc2OC)n(-c2ccc(C(=O)N(C)CCCN(C)CCCNC)cc2C(C)C)n1)C(=O)OC(C)(C)C. The Labute approximate surface area is 340 Å². The predicted molar refractivity (Wildman–Crippen MR) is 227 cm³/mol. The molecule has 2 aromatic carbocycles. The molecule has 0 spiro atoms. The van der Waals surface area contributed by atoms with Gasteiger partial charge in [-0.1, -0.05) is 39.8 Å². The summed E-state index contributed by atoms with van der Waals surface area (Å²) in [6.07, 6.45) is 4.58. The van der Waals surface area contributed by atoms with Crippen LogP contribution in [0.25, 0.3) is 16.9 Å². The van der Waals surface area contributed by atoms with Crippen LogP contribution >= 0.6 is 0 Å². The molecule has 0 radical (unpaired) electrons. The molecule has 4 rings (SSSR count). The van der Waals surface area contributed by atoms with Gasteiger partial charge in [-0.25, -0.2) is 9.48 Å². The largest absolute Gasteiger partial charge is 0.496 e. The first kappa shape index (κ1) is 45.0. The Morgan fingerprint density at radius 1 is 1.02 bits per heavy atom. The minimum atomic E-state index is -1.42. The van der Waals surface area contributed by atoms with Crippen LogP contribution in [-0.2, 0) is 9.53 Å². The molecule has 12 nitrogen and oxygen atoms in total. The Bertz CT molecular complexity index is 1860. The molecule has 1 fully saturated rings. The Hall–Kier alpha value is -4.68. The fraction of sp³-hybridized carbons (Fsp3) is 0.556. The lowest BCUT2D eigenvalue weighted by Gasteiger charge is -2.41. The van der Waals surface area contributed by atoms with Crippen molar-refractivity contribution in [3.05, 3.63) is 71.4 Å². The van der Waals surface area contributed by atoms with Gasteiger partial charge in [-0.15, -0.1) is 0 Å². The minimum Gasteiger partial charge on any atom is -0.496 e. The minimum absolute atomic E-state index is 0.0225. The zero-order valence-corrected chi connectivity index (χ0v) is 36.2. The highest BCUT2D eigenvalue weighted by atomic mass is 16.6. The highest BCUT2D eigenvalue weighted by Gasteiger charge is 2.48. The maximum Gasteiger partial charge on any atom is 0.336 e. The zero-order valence-electron chi connectivity index (χ0n) is 36.2. The fourth-order valence-corrected chi connectivity index (χ4v) is 7.48. The van der Waals surface area contributed by atoms with Crippen LogP contribution in [0, 0.1) is 5.92 Å². The van der Waals surface area contributed by atoms with Crippen molar-refractivity contribution in [1.29, 1.82) is 0 Å². The van der Waals surface area contributed by atoms with Crippen LogP contribution in [-0.4, -0.2) is 110 Å². The van der Waals surface area contributed by atoms with Crippen LogP contribution < -0.4 is 20.1 Å². The van der Waals surface area contributed by atoms with Crippen LogP contribution in [0.5, 0.6) is 11.5 Å². The van der Waals surface area contributed by atoms with Crippen LogP contribution in [0.15, 0.2) is 54.6 Å². The zero-order chi connectivity index (χ0) is 42.1. The number of hydrogen-bond acceptors (Lipinski definition) is 9. The summed E-state index contributed by atoms with van der Waals surface area (Å²) < 4.78 is 19.3. The molecular weight excluding hydrogens is 721 g/mol. The number of ether oxygens (including phenoxy) is 3. The maximum atomic E-state index is 14.5. The summed E-state index contributed by atoms with van der Waals surface area (Å²) in [5, 5.41) is 11.2. The summed E-state index contributed by atoms with van der Waals surface area (Å²) in [5.74, 6) is 0.232. The van der Waals surface area contributed by atoms with E-state index in [1.807, 2.05) is 71.3 Å². The number of rotatable bonds is 18. The van der Waals surface area contributed by atoms with Crippen molar-refractivity contribution < 1.29 is 28.6 Å². The summed E-state index contributed by atoms with van der Waals surface area (Å²) in [5.41, 5.74) is 1.75. The number of hydrogen-bond donors (Lipinski definition) is 2. The van der Waals surface area contributed by atoms with Gasteiger partial charge in [0.25, 0.3) is 11.8 Å². The Kier molecular flexibility index (Phi) is 15.5. The molecule has 2 amide bonds. The number of methoxy groups -OCH3 is 2. The number of aromatic nitrogens is 2. The van der Waals surface area contributed by atoms with Gasteiger partial charge in [0.1, 0.15) is 17.1 Å². The van der Waals surface area contributed by atoms with Crippen molar-refractivity contribution >= 4 is 17.8 Å². The first-order valence-corrected chi connectivity index (χ1v) is 20.3. The van der Waals surface area contributed by atoms with Crippen LogP contribution in [0.3, 0.4) is 0 Å². The molecule has 0 bridgehead atoms. The topological polar surface area (TPSA) is 127 Å². The Morgan fingerprint density at radius 3 is 2.26 bits per heavy atom. The molecule has 57 heavy (non-hydrogen) atoms. The fourth-order valence-electron chi connectivity index (χ4n) is 7.48. The van der Waals surface area contributed by atoms with E-state index in [4.69, 9.17) is 19.3 Å². The summed E-state index contributed by atoms with van der Waals surface area (Å²) in [4.78, 5) is 46.3. The lowest BCUT2D eigenvalue weighted by atomic mass is 9.72. The third-order valence-corrected chi connectivity index (χ3v) is 10.8. The van der Waals surface area contributed by atoms with Crippen LogP contribution in [0.2, 0.25) is 0 Å². The first-order valence-electron chi connectivity index (χ1n) is 20.3. The highest BCUT2D eigenvalue weighted by Crippen LogP contribution is 2.42. The van der Waals surface area contributed by atoms with Gasteiger partial charge in [-0.3, -0.25) is 9.59 Å². The lowest BCUT2D eigenvalue weighted by Crippen LogP contribution is -2.59. The van der Waals surface area contributed by atoms with Gasteiger partial charge < -0.3 is 34.6 Å². The molecule has 0 aliphatic heterocycles. The van der Waals surface area contributed by atoms with Gasteiger partial charge in [0.2, 0.25) is 0 Å². The summed E-state index contributed by atoms with van der Waals surface area (Å²) in [7, 11) is 9.06. The highest BCUT2D eigenvalue weighted by molar-refractivity contribution is 6.00. The third kappa shape index (κ3) is 10.8. The van der Waals surface area contributed by atoms with Crippen molar-refractivity contribution in [3.63, 3.8) is 0 Å². The number of amides is 2. The van der Waals surface area contributed by atoms with E-state index < -0.39 is 23.0 Å². The summed E-state index contributed by atoms with van der Waals surface area (Å²) in [6.45, 7) is 19.5. The van der Waals surface area contributed by atoms with Crippen molar-refractivity contribution in [2.45, 2.75) is 97.1 Å². The number of carbonyl (C=O) groups excluding carboxylic acids is 3. The molecule has 1 saturated carbocycles. The normalized spacial score (nSPS) is 17.1. The van der Waals surface area contributed by atoms with Gasteiger partial charge in [0.05, 0.1) is 31.2 Å². The quantitative estimate of drug-likeness (QED) is 0.0779. The van der Waals surface area contributed by atoms with E-state index >= 15 is 0 Å². The number of nitrogens with zero attached hydrogens (tertiary/aromatic N) is 4. The van der Waals surface area contributed by atoms with Gasteiger partial charge in [-0.05, 0) is 146 Å². The smallest absolute Gasteiger partial charge is 0.336 e. The molecule has 1 aliphatic carbocycles. The van der Waals surface area contributed by atoms with Crippen molar-refractivity contribution in [1.82, 2.24) is 30.2 Å². The number of esters is 1. The van der Waals surface area contributed by atoms with Crippen LogP contribution in [0.1, 0.15) is 112 Å². The van der Waals surface area contributed by atoms with E-state index in [0.29, 0.717) is 64.9 Å².